The van der Waals surface area contributed by atoms with Gasteiger partial charge in [0.25, 0.3) is 0 Å². The maximum Gasteiger partial charge on any atom is 0.143 e. The summed E-state index contributed by atoms with van der Waals surface area (Å²) in [5, 5.41) is 9.81. The average Bonchev–Trinajstić information content (AvgIpc) is 3.67. The van der Waals surface area contributed by atoms with Gasteiger partial charge >= 0.3 is 0 Å². The molecule has 0 saturated heterocycles. The van der Waals surface area contributed by atoms with E-state index < -0.39 is 0 Å². The Balaban J connectivity index is 1.24. The molecule has 0 amide bonds. The first-order valence-corrected chi connectivity index (χ1v) is 15.8. The molecule has 0 atom stereocenters. The molecule has 0 bridgehead atoms. The fraction of sp³-hybridized carbons (Fsp3) is 0. The van der Waals surface area contributed by atoms with Crippen molar-refractivity contribution in [3.63, 3.8) is 0 Å². The summed E-state index contributed by atoms with van der Waals surface area (Å²) in [6.07, 6.45) is 0. The lowest BCUT2D eigenvalue weighted by atomic mass is 9.92. The Labute approximate surface area is 265 Å². The van der Waals surface area contributed by atoms with E-state index >= 15 is 0 Å². The van der Waals surface area contributed by atoms with Gasteiger partial charge in [0.15, 0.2) is 0 Å². The Kier molecular flexibility index (Phi) is 5.31. The molecule has 46 heavy (non-hydrogen) atoms. The number of furan rings is 1. The van der Waals surface area contributed by atoms with E-state index in [1.165, 1.54) is 60.2 Å². The molecule has 2 heteroatoms. The molecule has 0 aliphatic heterocycles. The van der Waals surface area contributed by atoms with Crippen LogP contribution in [-0.2, 0) is 0 Å². The number of hydrogen-bond acceptors (Lipinski definition) is 1. The molecule has 2 aromatic heterocycles. The van der Waals surface area contributed by atoms with Crippen LogP contribution in [0.5, 0.6) is 0 Å². The molecule has 0 spiro atoms. The van der Waals surface area contributed by atoms with Gasteiger partial charge in [0.2, 0.25) is 0 Å². The highest BCUT2D eigenvalue weighted by Gasteiger charge is 2.19. The van der Waals surface area contributed by atoms with E-state index in [2.05, 4.69) is 156 Å². The second kappa shape index (κ2) is 9.69. The van der Waals surface area contributed by atoms with Crippen molar-refractivity contribution in [2.45, 2.75) is 0 Å². The topological polar surface area (TPSA) is 18.1 Å². The summed E-state index contributed by atoms with van der Waals surface area (Å²) in [6, 6.07) is 59.1. The predicted octanol–water partition coefficient (Wildman–Crippen LogP) is 12.3. The Morgan fingerprint density at radius 1 is 0.370 bits per heavy atom. The molecule has 0 aliphatic rings. The first kappa shape index (κ1) is 25.2. The third kappa shape index (κ3) is 3.59. The van der Waals surface area contributed by atoms with Crippen molar-refractivity contribution in [2.24, 2.45) is 0 Å². The molecule has 10 aromatic rings. The third-order valence-electron chi connectivity index (χ3n) is 9.59. The molecule has 214 valence electrons. The number of fused-ring (bicyclic) bond motifs is 9. The quantitative estimate of drug-likeness (QED) is 0.189. The number of aromatic nitrogens is 1. The van der Waals surface area contributed by atoms with E-state index in [0.717, 1.165) is 33.1 Å². The van der Waals surface area contributed by atoms with Crippen molar-refractivity contribution in [1.82, 2.24) is 4.57 Å². The van der Waals surface area contributed by atoms with Gasteiger partial charge in [-0.1, -0.05) is 127 Å². The highest BCUT2D eigenvalue weighted by molar-refractivity contribution is 6.16. The SMILES string of the molecule is c1ccc(-n2c3ccccc3c3cc(-c4cccc5c4oc4ccccc45)ccc32)c(-c2cc3ccccc3c3ccccc23)c1. The van der Waals surface area contributed by atoms with E-state index in [9.17, 15) is 0 Å². The maximum atomic E-state index is 6.44. The normalized spacial score (nSPS) is 11.9. The number of nitrogens with zero attached hydrogens (tertiary/aromatic N) is 1. The zero-order chi connectivity index (χ0) is 30.2. The number of para-hydroxylation sites is 4. The van der Waals surface area contributed by atoms with Crippen LogP contribution in [0.2, 0.25) is 0 Å². The van der Waals surface area contributed by atoms with Crippen LogP contribution >= 0.6 is 0 Å². The highest BCUT2D eigenvalue weighted by Crippen LogP contribution is 2.42. The van der Waals surface area contributed by atoms with Crippen LogP contribution in [0.15, 0.2) is 168 Å². The Morgan fingerprint density at radius 2 is 1.02 bits per heavy atom. The van der Waals surface area contributed by atoms with Crippen molar-refractivity contribution in [2.75, 3.05) is 0 Å². The second-order valence-corrected chi connectivity index (χ2v) is 12.1. The van der Waals surface area contributed by atoms with Crippen LogP contribution in [0.1, 0.15) is 0 Å². The van der Waals surface area contributed by atoms with Gasteiger partial charge in [-0.3, -0.25) is 0 Å². The largest absolute Gasteiger partial charge is 0.455 e. The molecule has 0 unspecified atom stereocenters. The van der Waals surface area contributed by atoms with Crippen LogP contribution in [0.3, 0.4) is 0 Å². The van der Waals surface area contributed by atoms with E-state index in [-0.39, 0.29) is 0 Å². The smallest absolute Gasteiger partial charge is 0.143 e. The van der Waals surface area contributed by atoms with E-state index in [0.29, 0.717) is 0 Å². The molecule has 0 aliphatic carbocycles. The van der Waals surface area contributed by atoms with Gasteiger partial charge in [0, 0.05) is 32.7 Å². The van der Waals surface area contributed by atoms with Gasteiger partial charge in [0.1, 0.15) is 11.2 Å². The van der Waals surface area contributed by atoms with Gasteiger partial charge in [-0.15, -0.1) is 0 Å². The average molecular weight is 586 g/mol. The third-order valence-corrected chi connectivity index (χ3v) is 9.59. The minimum absolute atomic E-state index is 0.917. The van der Waals surface area contributed by atoms with Gasteiger partial charge in [-0.05, 0) is 69.1 Å². The number of hydrogen-bond donors (Lipinski definition) is 0. The summed E-state index contributed by atoms with van der Waals surface area (Å²) in [4.78, 5) is 0. The number of rotatable bonds is 3. The molecular formula is C44H27NO. The summed E-state index contributed by atoms with van der Waals surface area (Å²) in [6.45, 7) is 0. The Bertz CT molecular complexity index is 2810. The first-order chi connectivity index (χ1) is 22.8. The molecule has 0 N–H and O–H groups in total. The fourth-order valence-corrected chi connectivity index (χ4v) is 7.55. The van der Waals surface area contributed by atoms with Crippen LogP contribution in [0.4, 0.5) is 0 Å². The molecule has 0 radical (unpaired) electrons. The summed E-state index contributed by atoms with van der Waals surface area (Å²) in [5.41, 5.74) is 10.1. The van der Waals surface area contributed by atoms with Crippen molar-refractivity contribution >= 4 is 65.3 Å². The first-order valence-electron chi connectivity index (χ1n) is 15.8. The molecule has 2 heterocycles. The van der Waals surface area contributed by atoms with E-state index in [4.69, 9.17) is 4.42 Å². The van der Waals surface area contributed by atoms with Gasteiger partial charge in [-0.2, -0.15) is 0 Å². The van der Waals surface area contributed by atoms with Crippen molar-refractivity contribution < 1.29 is 4.42 Å². The monoisotopic (exact) mass is 585 g/mol. The predicted molar refractivity (Wildman–Crippen MR) is 194 cm³/mol. The summed E-state index contributed by atoms with van der Waals surface area (Å²) in [5.74, 6) is 0. The zero-order valence-corrected chi connectivity index (χ0v) is 24.9. The summed E-state index contributed by atoms with van der Waals surface area (Å²) < 4.78 is 8.88. The lowest BCUT2D eigenvalue weighted by Gasteiger charge is -2.17. The molecule has 0 fully saturated rings. The number of benzene rings is 8. The van der Waals surface area contributed by atoms with Gasteiger partial charge in [-0.25, -0.2) is 0 Å². The molecule has 10 rings (SSSR count). The molecule has 0 saturated carbocycles. The lowest BCUT2D eigenvalue weighted by Crippen LogP contribution is -1.97. The lowest BCUT2D eigenvalue weighted by molar-refractivity contribution is 0.670. The van der Waals surface area contributed by atoms with E-state index in [1.807, 2.05) is 12.1 Å². The Morgan fingerprint density at radius 3 is 1.93 bits per heavy atom. The van der Waals surface area contributed by atoms with Crippen LogP contribution in [-0.4, -0.2) is 4.57 Å². The second-order valence-electron chi connectivity index (χ2n) is 12.1. The van der Waals surface area contributed by atoms with Crippen molar-refractivity contribution in [1.29, 1.82) is 0 Å². The van der Waals surface area contributed by atoms with E-state index in [1.54, 1.807) is 0 Å². The molecular weight excluding hydrogens is 558 g/mol. The summed E-state index contributed by atoms with van der Waals surface area (Å²) >= 11 is 0. The van der Waals surface area contributed by atoms with Crippen LogP contribution < -0.4 is 0 Å². The molecule has 8 aromatic carbocycles. The molecule has 2 nitrogen and oxygen atoms in total. The minimum atomic E-state index is 0.917. The highest BCUT2D eigenvalue weighted by atomic mass is 16.3. The Hall–Kier alpha value is -6.12. The van der Waals surface area contributed by atoms with Gasteiger partial charge in [0.05, 0.1) is 16.7 Å². The summed E-state index contributed by atoms with van der Waals surface area (Å²) in [7, 11) is 0. The minimum Gasteiger partial charge on any atom is -0.455 e. The van der Waals surface area contributed by atoms with Gasteiger partial charge < -0.3 is 8.98 Å². The standard InChI is InChI=1S/C44H27NO/c1-2-13-30-28(12-1)26-38(33-15-4-3-14-32(30)33)34-16-5-8-21-40(34)45-41-22-9-6-17-35(41)39-27-29(24-25-42(39)45)31-19-11-20-37-36-18-7-10-23-43(36)46-44(31)37/h1-27H. The zero-order valence-electron chi connectivity index (χ0n) is 24.9. The van der Waals surface area contributed by atoms with Crippen LogP contribution in [0.25, 0.3) is 93.2 Å². The van der Waals surface area contributed by atoms with Crippen molar-refractivity contribution in [3.05, 3.63) is 164 Å². The van der Waals surface area contributed by atoms with Crippen molar-refractivity contribution in [3.8, 4) is 27.9 Å². The maximum absolute atomic E-state index is 6.44. The van der Waals surface area contributed by atoms with Crippen LogP contribution in [0, 0.1) is 0 Å². The fourth-order valence-electron chi connectivity index (χ4n) is 7.55.